The van der Waals surface area contributed by atoms with Crippen LogP contribution in [0.1, 0.15) is 11.3 Å². The van der Waals surface area contributed by atoms with Gasteiger partial charge < -0.3 is 10.1 Å². The van der Waals surface area contributed by atoms with Crippen molar-refractivity contribution in [1.82, 2.24) is 10.3 Å². The Morgan fingerprint density at radius 2 is 2.20 bits per heavy atom. The highest BCUT2D eigenvalue weighted by atomic mass is 19.3. The van der Waals surface area contributed by atoms with E-state index in [0.29, 0.717) is 6.54 Å². The molecule has 0 unspecified atom stereocenters. The van der Waals surface area contributed by atoms with Gasteiger partial charge >= 0.3 is 0 Å². The second-order valence-corrected chi connectivity index (χ2v) is 3.13. The van der Waals surface area contributed by atoms with Crippen molar-refractivity contribution in [3.05, 3.63) is 23.4 Å². The quantitative estimate of drug-likeness (QED) is 0.814. The van der Waals surface area contributed by atoms with Gasteiger partial charge in [0.25, 0.3) is 6.43 Å². The van der Waals surface area contributed by atoms with Gasteiger partial charge in [-0.05, 0) is 19.5 Å². The lowest BCUT2D eigenvalue weighted by Crippen LogP contribution is -2.10. The van der Waals surface area contributed by atoms with Gasteiger partial charge in [0.1, 0.15) is 0 Å². The molecule has 0 radical (unpaired) electrons. The van der Waals surface area contributed by atoms with Crippen LogP contribution in [0.3, 0.4) is 0 Å². The van der Waals surface area contributed by atoms with Crippen LogP contribution in [0.15, 0.2) is 12.1 Å². The lowest BCUT2D eigenvalue weighted by atomic mass is 10.2. The number of hydrogen-bond acceptors (Lipinski definition) is 3. The first-order chi connectivity index (χ1) is 7.13. The van der Waals surface area contributed by atoms with Crippen LogP contribution in [0.2, 0.25) is 0 Å². The minimum atomic E-state index is -2.47. The summed E-state index contributed by atoms with van der Waals surface area (Å²) in [6.07, 6.45) is -2.47. The summed E-state index contributed by atoms with van der Waals surface area (Å²) in [5.41, 5.74) is 1.82. The van der Waals surface area contributed by atoms with Gasteiger partial charge in [0.05, 0.1) is 0 Å². The zero-order valence-corrected chi connectivity index (χ0v) is 8.76. The molecule has 0 bridgehead atoms. The maximum absolute atomic E-state index is 11.9. The molecule has 84 valence electrons. The van der Waals surface area contributed by atoms with E-state index < -0.39 is 13.0 Å². The second-order valence-electron chi connectivity index (χ2n) is 3.13. The normalized spacial score (nSPS) is 10.7. The van der Waals surface area contributed by atoms with Crippen molar-refractivity contribution in [2.45, 2.75) is 19.9 Å². The predicted molar refractivity (Wildman–Crippen MR) is 53.2 cm³/mol. The second kappa shape index (κ2) is 5.60. The van der Waals surface area contributed by atoms with Gasteiger partial charge in [-0.1, -0.05) is 6.07 Å². The molecule has 5 heteroatoms. The Hall–Kier alpha value is -1.23. The Morgan fingerprint density at radius 1 is 1.47 bits per heavy atom. The van der Waals surface area contributed by atoms with E-state index in [4.69, 9.17) is 4.74 Å². The van der Waals surface area contributed by atoms with Crippen LogP contribution in [-0.4, -0.2) is 25.1 Å². The topological polar surface area (TPSA) is 34.1 Å². The fourth-order valence-corrected chi connectivity index (χ4v) is 1.17. The van der Waals surface area contributed by atoms with Gasteiger partial charge in [-0.3, -0.25) is 0 Å². The SMILES string of the molecule is CNCc1ccc(OCC(F)F)nc1C. The molecule has 0 aliphatic heterocycles. The van der Waals surface area contributed by atoms with Gasteiger partial charge in [-0.25, -0.2) is 13.8 Å². The third kappa shape index (κ3) is 3.79. The van der Waals surface area contributed by atoms with E-state index in [1.165, 1.54) is 0 Å². The lowest BCUT2D eigenvalue weighted by molar-refractivity contribution is 0.0795. The molecule has 15 heavy (non-hydrogen) atoms. The summed E-state index contributed by atoms with van der Waals surface area (Å²) in [6.45, 7) is 1.91. The number of alkyl halides is 2. The lowest BCUT2D eigenvalue weighted by Gasteiger charge is -2.08. The molecule has 0 aromatic carbocycles. The monoisotopic (exact) mass is 216 g/mol. The van der Waals surface area contributed by atoms with Crippen LogP contribution in [0.4, 0.5) is 8.78 Å². The standard InChI is InChI=1S/C10H14F2N2O/c1-7-8(5-13-2)3-4-10(14-7)15-6-9(11)12/h3-4,9,13H,5-6H2,1-2H3. The van der Waals surface area contributed by atoms with Crippen molar-refractivity contribution in [3.8, 4) is 5.88 Å². The molecule has 0 atom stereocenters. The van der Waals surface area contributed by atoms with Crippen LogP contribution in [0, 0.1) is 6.92 Å². The summed E-state index contributed by atoms with van der Waals surface area (Å²) in [7, 11) is 1.83. The molecule has 0 amide bonds. The molecular formula is C10H14F2N2O. The van der Waals surface area contributed by atoms with Crippen LogP contribution >= 0.6 is 0 Å². The zero-order chi connectivity index (χ0) is 11.3. The van der Waals surface area contributed by atoms with Crippen LogP contribution in [0.5, 0.6) is 5.88 Å². The summed E-state index contributed by atoms with van der Waals surface area (Å²) in [5, 5.41) is 2.99. The first-order valence-corrected chi connectivity index (χ1v) is 4.65. The predicted octanol–water partition coefficient (Wildman–Crippen LogP) is 1.75. The van der Waals surface area contributed by atoms with E-state index in [-0.39, 0.29) is 5.88 Å². The van der Waals surface area contributed by atoms with Crippen LogP contribution in [-0.2, 0) is 6.54 Å². The zero-order valence-electron chi connectivity index (χ0n) is 8.76. The molecule has 0 spiro atoms. The van der Waals surface area contributed by atoms with E-state index in [2.05, 4.69) is 10.3 Å². The van der Waals surface area contributed by atoms with Gasteiger partial charge in [-0.15, -0.1) is 0 Å². The van der Waals surface area contributed by atoms with E-state index in [0.717, 1.165) is 11.3 Å². The molecule has 3 nitrogen and oxygen atoms in total. The van der Waals surface area contributed by atoms with E-state index in [1.807, 2.05) is 20.0 Å². The van der Waals surface area contributed by atoms with Gasteiger partial charge in [0.2, 0.25) is 5.88 Å². The van der Waals surface area contributed by atoms with E-state index >= 15 is 0 Å². The number of ether oxygens (including phenoxy) is 1. The summed E-state index contributed by atoms with van der Waals surface area (Å²) in [6, 6.07) is 3.42. The number of halogens is 2. The van der Waals surface area contributed by atoms with E-state index in [1.54, 1.807) is 6.07 Å². The average Bonchev–Trinajstić information content (AvgIpc) is 2.19. The molecule has 0 aliphatic carbocycles. The van der Waals surface area contributed by atoms with Crippen LogP contribution in [0.25, 0.3) is 0 Å². The van der Waals surface area contributed by atoms with Crippen molar-refractivity contribution in [1.29, 1.82) is 0 Å². The molecule has 1 aromatic heterocycles. The highest BCUT2D eigenvalue weighted by Crippen LogP contribution is 2.12. The molecule has 0 saturated carbocycles. The number of nitrogens with one attached hydrogen (secondary N) is 1. The molecule has 1 rings (SSSR count). The number of nitrogens with zero attached hydrogens (tertiary/aromatic N) is 1. The highest BCUT2D eigenvalue weighted by Gasteiger charge is 2.06. The summed E-state index contributed by atoms with van der Waals surface area (Å²) in [4.78, 5) is 4.07. The van der Waals surface area contributed by atoms with Crippen molar-refractivity contribution >= 4 is 0 Å². The first-order valence-electron chi connectivity index (χ1n) is 4.65. The number of aryl methyl sites for hydroxylation is 1. The molecule has 1 aromatic rings. The Labute approximate surface area is 87.5 Å². The van der Waals surface area contributed by atoms with Gasteiger partial charge in [0, 0.05) is 18.3 Å². The molecular weight excluding hydrogens is 202 g/mol. The molecule has 1 heterocycles. The van der Waals surface area contributed by atoms with Crippen molar-refractivity contribution < 1.29 is 13.5 Å². The largest absolute Gasteiger partial charge is 0.472 e. The maximum atomic E-state index is 11.9. The maximum Gasteiger partial charge on any atom is 0.272 e. The van der Waals surface area contributed by atoms with Crippen molar-refractivity contribution in [2.75, 3.05) is 13.7 Å². The Kier molecular flexibility index (Phi) is 4.42. The first kappa shape index (κ1) is 11.8. The van der Waals surface area contributed by atoms with Crippen LogP contribution < -0.4 is 10.1 Å². The minimum Gasteiger partial charge on any atom is -0.472 e. The Balaban J connectivity index is 2.64. The summed E-state index contributed by atoms with van der Waals surface area (Å²) >= 11 is 0. The molecule has 0 saturated heterocycles. The Bertz CT molecular complexity index is 318. The third-order valence-corrected chi connectivity index (χ3v) is 1.89. The number of pyridine rings is 1. The number of hydrogen-bond donors (Lipinski definition) is 1. The molecule has 1 N–H and O–H groups in total. The highest BCUT2D eigenvalue weighted by molar-refractivity contribution is 5.24. The van der Waals surface area contributed by atoms with Gasteiger partial charge in [-0.2, -0.15) is 0 Å². The fourth-order valence-electron chi connectivity index (χ4n) is 1.17. The number of aromatic nitrogens is 1. The van der Waals surface area contributed by atoms with Crippen molar-refractivity contribution in [2.24, 2.45) is 0 Å². The fraction of sp³-hybridized carbons (Fsp3) is 0.500. The van der Waals surface area contributed by atoms with Crippen molar-refractivity contribution in [3.63, 3.8) is 0 Å². The smallest absolute Gasteiger partial charge is 0.272 e. The molecule has 0 aliphatic rings. The third-order valence-electron chi connectivity index (χ3n) is 1.89. The van der Waals surface area contributed by atoms with E-state index in [9.17, 15) is 8.78 Å². The van der Waals surface area contributed by atoms with Gasteiger partial charge in [0.15, 0.2) is 6.61 Å². The summed E-state index contributed by atoms with van der Waals surface area (Å²) < 4.78 is 28.5. The summed E-state index contributed by atoms with van der Waals surface area (Å²) in [5.74, 6) is 0.243. The number of rotatable bonds is 5. The Morgan fingerprint density at radius 3 is 2.73 bits per heavy atom. The molecule has 0 fully saturated rings. The average molecular weight is 216 g/mol. The minimum absolute atomic E-state index is 0.243.